The van der Waals surface area contributed by atoms with Crippen LogP contribution >= 0.6 is 36.4 Å². The summed E-state index contributed by atoms with van der Waals surface area (Å²) in [5, 5.41) is 9.84. The number of amides is 1. The Kier molecular flexibility index (Phi) is 11.3. The van der Waals surface area contributed by atoms with Crippen LogP contribution in [0.4, 0.5) is 0 Å². The molecule has 168 valence electrons. The van der Waals surface area contributed by atoms with Crippen LogP contribution < -0.4 is 20.7 Å². The molecule has 5 nitrogen and oxygen atoms in total. The number of nitrogens with one attached hydrogen (secondary N) is 3. The summed E-state index contributed by atoms with van der Waals surface area (Å²) < 4.78 is 5.21. The number of ether oxygens (including phenoxy) is 1. The van der Waals surface area contributed by atoms with E-state index in [0.29, 0.717) is 6.54 Å². The lowest BCUT2D eigenvalue weighted by molar-refractivity contribution is -0.122. The molecular formula is C22H34ClN3O2S2. The SMILES string of the molecule is COc1ccc(CNC(=S)[C@@H](CCC2CCCCC2)NC(=O)[C@H]2CSCN2)cc1.Cl. The van der Waals surface area contributed by atoms with Gasteiger partial charge in [-0.2, -0.15) is 0 Å². The Balaban J connectivity index is 0.00000320. The van der Waals surface area contributed by atoms with E-state index in [1.54, 1.807) is 18.9 Å². The molecule has 8 heteroatoms. The maximum atomic E-state index is 12.7. The molecule has 1 amide bonds. The van der Waals surface area contributed by atoms with Crippen molar-refractivity contribution in [1.82, 2.24) is 16.0 Å². The van der Waals surface area contributed by atoms with E-state index in [1.807, 2.05) is 24.3 Å². The van der Waals surface area contributed by atoms with Crippen LogP contribution in [0.5, 0.6) is 5.75 Å². The molecule has 1 saturated heterocycles. The van der Waals surface area contributed by atoms with E-state index in [4.69, 9.17) is 17.0 Å². The van der Waals surface area contributed by atoms with Crippen LogP contribution in [0.25, 0.3) is 0 Å². The van der Waals surface area contributed by atoms with Gasteiger partial charge in [0.1, 0.15) is 5.75 Å². The highest BCUT2D eigenvalue weighted by molar-refractivity contribution is 7.99. The van der Waals surface area contributed by atoms with Crippen molar-refractivity contribution in [1.29, 1.82) is 0 Å². The monoisotopic (exact) mass is 471 g/mol. The molecule has 1 aromatic carbocycles. The van der Waals surface area contributed by atoms with E-state index in [2.05, 4.69) is 16.0 Å². The average molecular weight is 472 g/mol. The number of carbonyl (C=O) groups excluding carboxylic acids is 1. The largest absolute Gasteiger partial charge is 0.497 e. The summed E-state index contributed by atoms with van der Waals surface area (Å²) in [6, 6.07) is 7.75. The number of benzene rings is 1. The molecule has 1 aromatic rings. The van der Waals surface area contributed by atoms with E-state index in [9.17, 15) is 4.79 Å². The molecule has 1 heterocycles. The Hall–Kier alpha value is -1.02. The molecule has 1 saturated carbocycles. The summed E-state index contributed by atoms with van der Waals surface area (Å²) in [6.45, 7) is 0.649. The van der Waals surface area contributed by atoms with E-state index in [0.717, 1.165) is 46.7 Å². The van der Waals surface area contributed by atoms with E-state index < -0.39 is 0 Å². The molecule has 0 spiro atoms. The van der Waals surface area contributed by atoms with E-state index in [-0.39, 0.29) is 30.4 Å². The van der Waals surface area contributed by atoms with Crippen molar-refractivity contribution in [3.63, 3.8) is 0 Å². The van der Waals surface area contributed by atoms with E-state index in [1.165, 1.54) is 32.1 Å². The Morgan fingerprint density at radius 1 is 1.27 bits per heavy atom. The number of rotatable bonds is 9. The highest BCUT2D eigenvalue weighted by Gasteiger charge is 2.27. The lowest BCUT2D eigenvalue weighted by atomic mass is 9.85. The van der Waals surface area contributed by atoms with Gasteiger partial charge < -0.3 is 15.4 Å². The lowest BCUT2D eigenvalue weighted by Crippen LogP contribution is -2.51. The number of thioether (sulfide) groups is 1. The Morgan fingerprint density at radius 2 is 2.00 bits per heavy atom. The van der Waals surface area contributed by atoms with Crippen LogP contribution in [0, 0.1) is 5.92 Å². The molecule has 30 heavy (non-hydrogen) atoms. The van der Waals surface area contributed by atoms with Crippen molar-refractivity contribution >= 4 is 47.3 Å². The molecule has 3 rings (SSSR count). The zero-order valence-electron chi connectivity index (χ0n) is 17.7. The van der Waals surface area contributed by atoms with Crippen molar-refractivity contribution < 1.29 is 9.53 Å². The molecule has 0 aromatic heterocycles. The average Bonchev–Trinajstić information content (AvgIpc) is 3.31. The molecule has 0 radical (unpaired) electrons. The summed E-state index contributed by atoms with van der Waals surface area (Å²) in [6.07, 6.45) is 8.70. The minimum absolute atomic E-state index is 0. The molecule has 1 aliphatic carbocycles. The second kappa shape index (κ2) is 13.4. The first-order valence-corrected chi connectivity index (χ1v) is 12.2. The van der Waals surface area contributed by atoms with Crippen molar-refractivity contribution in [2.75, 3.05) is 18.7 Å². The number of carbonyl (C=O) groups is 1. The minimum atomic E-state index is -0.110. The Labute approximate surface area is 196 Å². The van der Waals surface area contributed by atoms with Crippen molar-refractivity contribution in [3.05, 3.63) is 29.8 Å². The third-order valence-electron chi connectivity index (χ3n) is 5.88. The van der Waals surface area contributed by atoms with Crippen LogP contribution in [0.3, 0.4) is 0 Å². The molecule has 0 unspecified atom stereocenters. The predicted molar refractivity (Wildman–Crippen MR) is 132 cm³/mol. The van der Waals surface area contributed by atoms with Gasteiger partial charge in [0.2, 0.25) is 5.91 Å². The summed E-state index contributed by atoms with van der Waals surface area (Å²) in [5.74, 6) is 3.35. The van der Waals surface area contributed by atoms with Gasteiger partial charge in [0, 0.05) is 18.2 Å². The first kappa shape index (κ1) is 25.2. The van der Waals surface area contributed by atoms with Gasteiger partial charge in [-0.1, -0.05) is 56.5 Å². The Bertz CT molecular complexity index is 663. The fourth-order valence-electron chi connectivity index (χ4n) is 4.04. The smallest absolute Gasteiger partial charge is 0.238 e. The van der Waals surface area contributed by atoms with Gasteiger partial charge in [0.05, 0.1) is 24.2 Å². The first-order valence-electron chi connectivity index (χ1n) is 10.7. The van der Waals surface area contributed by atoms with Crippen LogP contribution in [0.15, 0.2) is 24.3 Å². The molecule has 2 aliphatic rings. The van der Waals surface area contributed by atoms with Gasteiger partial charge in [-0.25, -0.2) is 0 Å². The summed E-state index contributed by atoms with van der Waals surface area (Å²) in [5.41, 5.74) is 1.14. The minimum Gasteiger partial charge on any atom is -0.497 e. The van der Waals surface area contributed by atoms with Crippen molar-refractivity contribution in [3.8, 4) is 5.75 Å². The molecule has 3 N–H and O–H groups in total. The number of hydrogen-bond donors (Lipinski definition) is 3. The van der Waals surface area contributed by atoms with Crippen molar-refractivity contribution in [2.45, 2.75) is 63.6 Å². The summed E-state index contributed by atoms with van der Waals surface area (Å²) in [4.78, 5) is 13.4. The van der Waals surface area contributed by atoms with Gasteiger partial charge >= 0.3 is 0 Å². The molecule has 2 atom stereocenters. The summed E-state index contributed by atoms with van der Waals surface area (Å²) >= 11 is 7.47. The lowest BCUT2D eigenvalue weighted by Gasteiger charge is -2.26. The third kappa shape index (κ3) is 7.91. The van der Waals surface area contributed by atoms with Gasteiger partial charge in [-0.05, 0) is 36.5 Å². The van der Waals surface area contributed by atoms with Crippen LogP contribution in [0.1, 0.15) is 50.5 Å². The second-order valence-electron chi connectivity index (χ2n) is 7.98. The maximum Gasteiger partial charge on any atom is 0.238 e. The quantitative estimate of drug-likeness (QED) is 0.472. The fraction of sp³-hybridized carbons (Fsp3) is 0.636. The second-order valence-corrected chi connectivity index (χ2v) is 9.45. The number of hydrogen-bond acceptors (Lipinski definition) is 5. The molecule has 0 bridgehead atoms. The van der Waals surface area contributed by atoms with Crippen LogP contribution in [-0.4, -0.2) is 41.7 Å². The highest BCUT2D eigenvalue weighted by atomic mass is 35.5. The summed E-state index contributed by atoms with van der Waals surface area (Å²) in [7, 11) is 1.67. The highest BCUT2D eigenvalue weighted by Crippen LogP contribution is 2.28. The maximum absolute atomic E-state index is 12.7. The zero-order chi connectivity index (χ0) is 20.5. The zero-order valence-corrected chi connectivity index (χ0v) is 20.1. The number of thiocarbonyl (C=S) groups is 1. The number of halogens is 1. The fourth-order valence-corrected chi connectivity index (χ4v) is 5.23. The van der Waals surface area contributed by atoms with Crippen LogP contribution in [0.2, 0.25) is 0 Å². The standard InChI is InChI=1S/C22H33N3O2S2.ClH/c1-27-18-10-7-17(8-11-18)13-23-22(28)19(12-9-16-5-3-2-4-6-16)25-21(26)20-14-29-15-24-20;/h7-8,10-11,16,19-20,24H,2-6,9,12-15H2,1H3,(H,23,28)(H,25,26);1H/t19-,20-;/m1./s1. The van der Waals surface area contributed by atoms with Gasteiger partial charge in [0.25, 0.3) is 0 Å². The van der Waals surface area contributed by atoms with Crippen LogP contribution in [-0.2, 0) is 11.3 Å². The van der Waals surface area contributed by atoms with Gasteiger partial charge in [-0.15, -0.1) is 24.2 Å². The molecule has 2 fully saturated rings. The van der Waals surface area contributed by atoms with E-state index >= 15 is 0 Å². The van der Waals surface area contributed by atoms with Gasteiger partial charge in [-0.3, -0.25) is 10.1 Å². The third-order valence-corrected chi connectivity index (χ3v) is 7.25. The predicted octanol–water partition coefficient (Wildman–Crippen LogP) is 4.04. The van der Waals surface area contributed by atoms with Gasteiger partial charge in [0.15, 0.2) is 0 Å². The normalized spacial score (nSPS) is 20.1. The molecular weight excluding hydrogens is 438 g/mol. The topological polar surface area (TPSA) is 62.4 Å². The van der Waals surface area contributed by atoms with Crippen molar-refractivity contribution in [2.24, 2.45) is 5.92 Å². The first-order chi connectivity index (χ1) is 14.2. The Morgan fingerprint density at radius 3 is 2.63 bits per heavy atom. The number of methoxy groups -OCH3 is 1. The molecule has 1 aliphatic heterocycles.